The van der Waals surface area contributed by atoms with E-state index in [2.05, 4.69) is 55.0 Å². The van der Waals surface area contributed by atoms with E-state index >= 15 is 0 Å². The molecule has 5 aliphatic carbocycles. The number of hydrogen-bond donors (Lipinski definition) is 3. The van der Waals surface area contributed by atoms with E-state index in [1.54, 1.807) is 24.3 Å². The van der Waals surface area contributed by atoms with Crippen molar-refractivity contribution < 1.29 is 24.9 Å². The molecule has 0 heterocycles. The number of allylic oxidation sites excluding steroid dienone is 1. The molecule has 5 aliphatic rings. The van der Waals surface area contributed by atoms with Crippen molar-refractivity contribution >= 4 is 5.97 Å². The molecule has 0 spiro atoms. The average molecular weight is 579 g/mol. The monoisotopic (exact) mass is 578 g/mol. The quantitative estimate of drug-likeness (QED) is 0.255. The van der Waals surface area contributed by atoms with Gasteiger partial charge in [-0.1, -0.05) is 53.7 Å². The molecule has 0 amide bonds. The summed E-state index contributed by atoms with van der Waals surface area (Å²) >= 11 is 0. The van der Waals surface area contributed by atoms with Crippen LogP contribution >= 0.6 is 0 Å². The van der Waals surface area contributed by atoms with Gasteiger partial charge in [0.15, 0.2) is 0 Å². The van der Waals surface area contributed by atoms with Gasteiger partial charge in [0.25, 0.3) is 0 Å². The van der Waals surface area contributed by atoms with E-state index < -0.39 is 6.10 Å². The largest absolute Gasteiger partial charge is 0.508 e. The van der Waals surface area contributed by atoms with Gasteiger partial charge in [-0.15, -0.1) is 0 Å². The van der Waals surface area contributed by atoms with Crippen LogP contribution in [0.3, 0.4) is 0 Å². The maximum absolute atomic E-state index is 13.8. The van der Waals surface area contributed by atoms with Crippen molar-refractivity contribution in [1.29, 1.82) is 0 Å². The second kappa shape index (κ2) is 9.57. The molecule has 0 saturated heterocycles. The molecule has 5 fully saturated rings. The summed E-state index contributed by atoms with van der Waals surface area (Å²) in [6, 6.07) is 6.37. The zero-order chi connectivity index (χ0) is 30.6. The number of carbonyl (C=O) groups excluding carboxylic acids is 1. The number of carbonyl (C=O) groups is 1. The molecule has 42 heavy (non-hydrogen) atoms. The van der Waals surface area contributed by atoms with Gasteiger partial charge in [0.2, 0.25) is 0 Å². The maximum atomic E-state index is 13.8. The number of phenolic OH excluding ortho intramolecular Hbond substituents is 1. The highest BCUT2D eigenvalue weighted by molar-refractivity contribution is 5.89. The molecule has 1 aromatic carbocycles. The molecule has 0 aromatic heterocycles. The van der Waals surface area contributed by atoms with Crippen LogP contribution in [-0.4, -0.2) is 39.6 Å². The van der Waals surface area contributed by atoms with Crippen molar-refractivity contribution in [2.75, 3.05) is 0 Å². The van der Waals surface area contributed by atoms with E-state index in [4.69, 9.17) is 4.74 Å². The summed E-state index contributed by atoms with van der Waals surface area (Å²) in [6.45, 7) is 20.7. The number of aliphatic hydroxyl groups excluding tert-OH is 2. The summed E-state index contributed by atoms with van der Waals surface area (Å²) in [5.74, 6) is 1.15. The molecular formula is C37H54O5. The van der Waals surface area contributed by atoms with E-state index in [0.29, 0.717) is 23.3 Å². The molecule has 232 valence electrons. The molecule has 3 N–H and O–H groups in total. The van der Waals surface area contributed by atoms with Gasteiger partial charge in [0.1, 0.15) is 11.9 Å². The van der Waals surface area contributed by atoms with Gasteiger partial charge in [-0.25, -0.2) is 4.79 Å². The summed E-state index contributed by atoms with van der Waals surface area (Å²) in [4.78, 5) is 13.8. The van der Waals surface area contributed by atoms with Crippen molar-refractivity contribution in [2.24, 2.45) is 56.7 Å². The van der Waals surface area contributed by atoms with Gasteiger partial charge in [-0.3, -0.25) is 0 Å². The molecule has 5 nitrogen and oxygen atoms in total. The van der Waals surface area contributed by atoms with Crippen LogP contribution < -0.4 is 0 Å². The van der Waals surface area contributed by atoms with Gasteiger partial charge in [-0.2, -0.15) is 0 Å². The molecule has 0 bridgehead atoms. The first-order valence-corrected chi connectivity index (χ1v) is 16.5. The van der Waals surface area contributed by atoms with Gasteiger partial charge >= 0.3 is 5.97 Å². The summed E-state index contributed by atoms with van der Waals surface area (Å²) in [5, 5.41) is 33.3. The van der Waals surface area contributed by atoms with Crippen LogP contribution in [0.4, 0.5) is 0 Å². The number of rotatable bonds is 3. The summed E-state index contributed by atoms with van der Waals surface area (Å²) in [6.07, 6.45) is 6.30. The maximum Gasteiger partial charge on any atom is 0.338 e. The van der Waals surface area contributed by atoms with Crippen molar-refractivity contribution in [2.45, 2.75) is 118 Å². The van der Waals surface area contributed by atoms with Crippen LogP contribution in [0.25, 0.3) is 0 Å². The molecule has 1 aromatic rings. The fraction of sp³-hybridized carbons (Fsp3) is 0.757. The Morgan fingerprint density at radius 3 is 2.24 bits per heavy atom. The molecule has 12 atom stereocenters. The Morgan fingerprint density at radius 1 is 0.929 bits per heavy atom. The number of esters is 1. The molecule has 12 unspecified atom stereocenters. The van der Waals surface area contributed by atoms with E-state index in [1.165, 1.54) is 5.57 Å². The van der Waals surface area contributed by atoms with Gasteiger partial charge < -0.3 is 20.1 Å². The summed E-state index contributed by atoms with van der Waals surface area (Å²) in [7, 11) is 0. The van der Waals surface area contributed by atoms with Gasteiger partial charge in [0, 0.05) is 11.3 Å². The first kappa shape index (κ1) is 30.2. The zero-order valence-corrected chi connectivity index (χ0v) is 27.0. The minimum Gasteiger partial charge on any atom is -0.508 e. The van der Waals surface area contributed by atoms with Crippen LogP contribution in [0.1, 0.15) is 110 Å². The predicted octanol–water partition coefficient (Wildman–Crippen LogP) is 7.54. The van der Waals surface area contributed by atoms with Crippen LogP contribution in [0.5, 0.6) is 5.75 Å². The Morgan fingerprint density at radius 2 is 1.60 bits per heavy atom. The highest BCUT2D eigenvalue weighted by Gasteiger charge is 2.75. The highest BCUT2D eigenvalue weighted by atomic mass is 16.5. The number of ether oxygens (including phenoxy) is 1. The van der Waals surface area contributed by atoms with Crippen molar-refractivity contribution in [1.82, 2.24) is 0 Å². The highest BCUT2D eigenvalue weighted by Crippen LogP contribution is 2.77. The van der Waals surface area contributed by atoms with Crippen molar-refractivity contribution in [3.05, 3.63) is 42.0 Å². The van der Waals surface area contributed by atoms with Crippen LogP contribution in [-0.2, 0) is 4.74 Å². The summed E-state index contributed by atoms with van der Waals surface area (Å²) < 4.78 is 6.68. The molecule has 5 saturated carbocycles. The van der Waals surface area contributed by atoms with E-state index in [9.17, 15) is 20.1 Å². The fourth-order valence-electron chi connectivity index (χ4n) is 12.6. The second-order valence-electron chi connectivity index (χ2n) is 16.9. The van der Waals surface area contributed by atoms with Crippen LogP contribution in [0.15, 0.2) is 36.4 Å². The van der Waals surface area contributed by atoms with Gasteiger partial charge in [0.05, 0.1) is 17.8 Å². The molecule has 5 heteroatoms. The first-order chi connectivity index (χ1) is 19.5. The number of hydrogen-bond acceptors (Lipinski definition) is 5. The van der Waals surface area contributed by atoms with Crippen LogP contribution in [0.2, 0.25) is 0 Å². The first-order valence-electron chi connectivity index (χ1n) is 16.5. The Hall–Kier alpha value is -1.85. The molecule has 0 radical (unpaired) electrons. The number of benzene rings is 1. The third-order valence-electron chi connectivity index (χ3n) is 14.8. The lowest BCUT2D eigenvalue weighted by Gasteiger charge is -2.74. The van der Waals surface area contributed by atoms with E-state index in [-0.39, 0.29) is 62.8 Å². The Labute approximate surface area is 253 Å². The lowest BCUT2D eigenvalue weighted by molar-refractivity contribution is -0.298. The Balaban J connectivity index is 1.50. The lowest BCUT2D eigenvalue weighted by atomic mass is 9.31. The Bertz CT molecular complexity index is 1250. The Kier molecular flexibility index (Phi) is 6.88. The topological polar surface area (TPSA) is 87.0 Å². The molecular weight excluding hydrogens is 524 g/mol. The molecule has 6 rings (SSSR count). The van der Waals surface area contributed by atoms with Crippen LogP contribution in [0, 0.1) is 56.7 Å². The third kappa shape index (κ3) is 3.90. The SMILES string of the molecule is C=C(C)C1CCC2(C)CC(O)C3(C)C(CC(OC(=O)c4ccc(O)cc4)C4C5(C)CCC(O)C(C)(C)C5CCC43C)C12. The minimum atomic E-state index is -0.420. The minimum absolute atomic E-state index is 0.0416. The lowest BCUT2D eigenvalue weighted by Crippen LogP contribution is -2.73. The van der Waals surface area contributed by atoms with E-state index in [0.717, 1.165) is 51.4 Å². The number of phenols is 1. The number of aromatic hydroxyl groups is 1. The number of fused-ring (bicyclic) bond motifs is 7. The zero-order valence-electron chi connectivity index (χ0n) is 27.0. The fourth-order valence-corrected chi connectivity index (χ4v) is 12.6. The second-order valence-corrected chi connectivity index (χ2v) is 16.9. The van der Waals surface area contributed by atoms with Gasteiger partial charge in [-0.05, 0) is 128 Å². The third-order valence-corrected chi connectivity index (χ3v) is 14.8. The number of aliphatic hydroxyl groups is 2. The standard InChI is InChI=1S/C37H54O5/c1-21(2)24-13-16-34(5)20-29(40)37(8)25(30(24)34)19-26(42-32(41)22-9-11-23(38)12-10-22)31-35(6)17-15-28(39)33(3,4)27(35)14-18-36(31,37)7/h9-12,24-31,38-40H,1,13-20H2,2-8H3. The van der Waals surface area contributed by atoms with Crippen molar-refractivity contribution in [3.8, 4) is 5.75 Å². The summed E-state index contributed by atoms with van der Waals surface area (Å²) in [5.41, 5.74) is 0.781. The van der Waals surface area contributed by atoms with Crippen molar-refractivity contribution in [3.63, 3.8) is 0 Å². The normalized spacial score (nSPS) is 49.2. The smallest absolute Gasteiger partial charge is 0.338 e. The molecule has 0 aliphatic heterocycles. The average Bonchev–Trinajstić information content (AvgIpc) is 3.25. The van der Waals surface area contributed by atoms with E-state index in [1.807, 2.05) is 0 Å². The predicted molar refractivity (Wildman–Crippen MR) is 165 cm³/mol.